The van der Waals surface area contributed by atoms with Gasteiger partial charge in [0.25, 0.3) is 5.89 Å². The second kappa shape index (κ2) is 5.71. The maximum atomic E-state index is 9.83. The van der Waals surface area contributed by atoms with Crippen molar-refractivity contribution < 1.29 is 19.1 Å². The first-order chi connectivity index (χ1) is 9.19. The average Bonchev–Trinajstić information content (AvgIpc) is 2.90. The van der Waals surface area contributed by atoms with Crippen LogP contribution >= 0.6 is 0 Å². The Balaban J connectivity index is 2.37. The summed E-state index contributed by atoms with van der Waals surface area (Å²) in [7, 11) is 3.14. The molecule has 0 aliphatic rings. The van der Waals surface area contributed by atoms with Gasteiger partial charge in [0, 0.05) is 7.11 Å². The Labute approximate surface area is 111 Å². The second-order valence-corrected chi connectivity index (χ2v) is 3.97. The van der Waals surface area contributed by atoms with Crippen LogP contribution in [-0.2, 0) is 4.74 Å². The largest absolute Gasteiger partial charge is 0.507 e. The van der Waals surface area contributed by atoms with Gasteiger partial charge in [-0.25, -0.2) is 0 Å². The number of aromatic nitrogens is 2. The van der Waals surface area contributed by atoms with Gasteiger partial charge in [-0.3, -0.25) is 0 Å². The van der Waals surface area contributed by atoms with Gasteiger partial charge >= 0.3 is 0 Å². The molecule has 1 unspecified atom stereocenters. The van der Waals surface area contributed by atoms with E-state index in [-0.39, 0.29) is 17.7 Å². The fourth-order valence-corrected chi connectivity index (χ4v) is 1.74. The lowest BCUT2D eigenvalue weighted by atomic mass is 10.2. The van der Waals surface area contributed by atoms with Gasteiger partial charge < -0.3 is 19.1 Å². The number of nitrogens with zero attached hydrogens (tertiary/aromatic N) is 2. The van der Waals surface area contributed by atoms with Crippen LogP contribution in [0, 0.1) is 0 Å². The Morgan fingerprint density at radius 1 is 1.37 bits per heavy atom. The molecule has 2 aromatic rings. The predicted molar refractivity (Wildman–Crippen MR) is 68.0 cm³/mol. The molecule has 0 saturated heterocycles. The molecule has 0 aliphatic carbocycles. The first-order valence-electron chi connectivity index (χ1n) is 5.93. The molecule has 0 spiro atoms. The molecule has 1 heterocycles. The molecular weight excluding hydrogens is 248 g/mol. The van der Waals surface area contributed by atoms with E-state index in [0.717, 1.165) is 6.42 Å². The first-order valence-corrected chi connectivity index (χ1v) is 5.93. The molecule has 1 aromatic carbocycles. The first kappa shape index (κ1) is 13.4. The van der Waals surface area contributed by atoms with Gasteiger partial charge in [-0.05, 0) is 24.6 Å². The molecule has 102 valence electrons. The lowest BCUT2D eigenvalue weighted by molar-refractivity contribution is 0.0903. The summed E-state index contributed by atoms with van der Waals surface area (Å²) >= 11 is 0. The minimum Gasteiger partial charge on any atom is -0.507 e. The van der Waals surface area contributed by atoms with Crippen molar-refractivity contribution in [1.29, 1.82) is 0 Å². The molecule has 1 atom stereocenters. The molecule has 0 radical (unpaired) electrons. The molecule has 0 bridgehead atoms. The number of phenolic OH excluding ortho intramolecular Hbond substituents is 1. The second-order valence-electron chi connectivity index (χ2n) is 3.97. The van der Waals surface area contributed by atoms with Crippen molar-refractivity contribution in [3.8, 4) is 23.0 Å². The van der Waals surface area contributed by atoms with Crippen LogP contribution in [-0.4, -0.2) is 29.5 Å². The summed E-state index contributed by atoms with van der Waals surface area (Å²) in [5.41, 5.74) is 0.434. The normalized spacial score (nSPS) is 12.4. The highest BCUT2D eigenvalue weighted by Gasteiger charge is 2.19. The molecule has 19 heavy (non-hydrogen) atoms. The minimum atomic E-state index is -0.217. The van der Waals surface area contributed by atoms with E-state index in [1.165, 1.54) is 6.07 Å². The maximum Gasteiger partial charge on any atom is 0.261 e. The summed E-state index contributed by atoms with van der Waals surface area (Å²) in [5, 5.41) is 13.7. The third-order valence-electron chi connectivity index (χ3n) is 2.82. The van der Waals surface area contributed by atoms with Crippen LogP contribution in [0.15, 0.2) is 22.7 Å². The number of hydrogen-bond acceptors (Lipinski definition) is 6. The zero-order valence-electron chi connectivity index (χ0n) is 11.1. The van der Waals surface area contributed by atoms with E-state index in [1.54, 1.807) is 26.4 Å². The van der Waals surface area contributed by atoms with Gasteiger partial charge in [0.05, 0.1) is 12.7 Å². The maximum absolute atomic E-state index is 9.83. The zero-order chi connectivity index (χ0) is 13.8. The Morgan fingerprint density at radius 2 is 2.16 bits per heavy atom. The molecule has 2 rings (SSSR count). The summed E-state index contributed by atoms with van der Waals surface area (Å²) in [4.78, 5) is 4.24. The Bertz CT molecular complexity index is 549. The number of aromatic hydroxyl groups is 1. The minimum absolute atomic E-state index is 0.0569. The number of phenols is 1. The van der Waals surface area contributed by atoms with Gasteiger partial charge in [-0.15, -0.1) is 0 Å². The highest BCUT2D eigenvalue weighted by Crippen LogP contribution is 2.32. The van der Waals surface area contributed by atoms with Crippen LogP contribution in [0.2, 0.25) is 0 Å². The summed E-state index contributed by atoms with van der Waals surface area (Å²) in [6.45, 7) is 1.97. The van der Waals surface area contributed by atoms with Crippen molar-refractivity contribution in [2.75, 3.05) is 14.2 Å². The van der Waals surface area contributed by atoms with Crippen molar-refractivity contribution in [1.82, 2.24) is 10.1 Å². The quantitative estimate of drug-likeness (QED) is 0.894. The molecule has 6 heteroatoms. The highest BCUT2D eigenvalue weighted by atomic mass is 16.5. The number of ether oxygens (including phenoxy) is 2. The number of rotatable bonds is 5. The SMILES string of the molecule is CCC(OC)c1noc(-c2cc(OC)ccc2O)n1. The van der Waals surface area contributed by atoms with Crippen LogP contribution < -0.4 is 4.74 Å². The summed E-state index contributed by atoms with van der Waals surface area (Å²) in [6, 6.07) is 4.81. The molecule has 1 N–H and O–H groups in total. The van der Waals surface area contributed by atoms with Crippen LogP contribution in [0.5, 0.6) is 11.5 Å². The molecule has 1 aromatic heterocycles. The van der Waals surface area contributed by atoms with Gasteiger partial charge in [-0.1, -0.05) is 12.1 Å². The van der Waals surface area contributed by atoms with Crippen LogP contribution in [0.4, 0.5) is 0 Å². The van der Waals surface area contributed by atoms with Gasteiger partial charge in [0.2, 0.25) is 5.82 Å². The van der Waals surface area contributed by atoms with Crippen molar-refractivity contribution in [2.45, 2.75) is 19.4 Å². The lowest BCUT2D eigenvalue weighted by Gasteiger charge is -2.06. The van der Waals surface area contributed by atoms with Crippen molar-refractivity contribution >= 4 is 0 Å². The van der Waals surface area contributed by atoms with E-state index >= 15 is 0 Å². The molecule has 0 saturated carbocycles. The van der Waals surface area contributed by atoms with Crippen LogP contribution in [0.1, 0.15) is 25.3 Å². The van der Waals surface area contributed by atoms with E-state index in [2.05, 4.69) is 10.1 Å². The molecule has 0 amide bonds. The highest BCUT2D eigenvalue weighted by molar-refractivity contribution is 5.64. The fourth-order valence-electron chi connectivity index (χ4n) is 1.74. The van der Waals surface area contributed by atoms with Crippen LogP contribution in [0.3, 0.4) is 0 Å². The average molecular weight is 264 g/mol. The number of hydrogen-bond donors (Lipinski definition) is 1. The van der Waals surface area contributed by atoms with Crippen molar-refractivity contribution in [2.24, 2.45) is 0 Å². The summed E-state index contributed by atoms with van der Waals surface area (Å²) in [5.74, 6) is 1.36. The molecule has 0 aliphatic heterocycles. The predicted octanol–water partition coefficient (Wildman–Crippen LogP) is 2.55. The topological polar surface area (TPSA) is 77.6 Å². The van der Waals surface area contributed by atoms with E-state index in [1.807, 2.05) is 6.92 Å². The molecule has 6 nitrogen and oxygen atoms in total. The number of methoxy groups -OCH3 is 2. The smallest absolute Gasteiger partial charge is 0.261 e. The van der Waals surface area contributed by atoms with Gasteiger partial charge in [0.15, 0.2) is 0 Å². The van der Waals surface area contributed by atoms with Crippen molar-refractivity contribution in [3.63, 3.8) is 0 Å². The standard InChI is InChI=1S/C13H16N2O4/c1-4-11(18-3)12-14-13(19-15-12)9-7-8(17-2)5-6-10(9)16/h5-7,11,16H,4H2,1-3H3. The number of benzene rings is 1. The van der Waals surface area contributed by atoms with E-state index in [4.69, 9.17) is 14.0 Å². The Hall–Kier alpha value is -2.08. The fraction of sp³-hybridized carbons (Fsp3) is 0.385. The lowest BCUT2D eigenvalue weighted by Crippen LogP contribution is -2.01. The van der Waals surface area contributed by atoms with Crippen LogP contribution in [0.25, 0.3) is 11.5 Å². The third-order valence-corrected chi connectivity index (χ3v) is 2.82. The Kier molecular flexibility index (Phi) is 4.01. The third kappa shape index (κ3) is 2.68. The molecule has 0 fully saturated rings. The molecular formula is C13H16N2O4. The van der Waals surface area contributed by atoms with E-state index < -0.39 is 0 Å². The summed E-state index contributed by atoms with van der Waals surface area (Å²) in [6.07, 6.45) is 0.518. The van der Waals surface area contributed by atoms with Gasteiger partial charge in [0.1, 0.15) is 17.6 Å². The zero-order valence-corrected chi connectivity index (χ0v) is 11.1. The van der Waals surface area contributed by atoms with E-state index in [9.17, 15) is 5.11 Å². The Morgan fingerprint density at radius 3 is 2.79 bits per heavy atom. The van der Waals surface area contributed by atoms with Crippen molar-refractivity contribution in [3.05, 3.63) is 24.0 Å². The summed E-state index contributed by atoms with van der Waals surface area (Å²) < 4.78 is 15.5. The monoisotopic (exact) mass is 264 g/mol. The van der Waals surface area contributed by atoms with Gasteiger partial charge in [-0.2, -0.15) is 4.98 Å². The van der Waals surface area contributed by atoms with E-state index in [0.29, 0.717) is 17.1 Å².